The standard InChI is InChI=1S/C16H10ClNO2/c17-11-7-5-10(6-8-11)9-14-12-3-1-2-4-13(12)15(19)18-16(14)20/h1-9H,(H,18,19,20). The summed E-state index contributed by atoms with van der Waals surface area (Å²) in [6.07, 6.45) is 1.75. The predicted octanol–water partition coefficient (Wildman–Crippen LogP) is 3.15. The lowest BCUT2D eigenvalue weighted by Crippen LogP contribution is -2.36. The maximum absolute atomic E-state index is 12.0. The number of imide groups is 1. The number of halogens is 1. The van der Waals surface area contributed by atoms with Crippen LogP contribution in [0.2, 0.25) is 5.02 Å². The fourth-order valence-corrected chi connectivity index (χ4v) is 2.27. The van der Waals surface area contributed by atoms with E-state index in [4.69, 9.17) is 11.6 Å². The van der Waals surface area contributed by atoms with Crippen LogP contribution in [0.4, 0.5) is 0 Å². The van der Waals surface area contributed by atoms with Gasteiger partial charge in [0.25, 0.3) is 11.8 Å². The molecule has 0 radical (unpaired) electrons. The lowest BCUT2D eigenvalue weighted by molar-refractivity contribution is -0.114. The number of amides is 2. The number of nitrogens with one attached hydrogen (secondary N) is 1. The van der Waals surface area contributed by atoms with Crippen molar-refractivity contribution in [3.63, 3.8) is 0 Å². The molecule has 1 aliphatic rings. The van der Waals surface area contributed by atoms with Crippen molar-refractivity contribution in [1.82, 2.24) is 5.32 Å². The average Bonchev–Trinajstić information content (AvgIpc) is 2.45. The minimum Gasteiger partial charge on any atom is -0.288 e. The van der Waals surface area contributed by atoms with Crippen LogP contribution in [0.15, 0.2) is 48.5 Å². The molecule has 2 aromatic carbocycles. The summed E-state index contributed by atoms with van der Waals surface area (Å²) in [4.78, 5) is 23.8. The van der Waals surface area contributed by atoms with Gasteiger partial charge in [0.15, 0.2) is 0 Å². The first-order chi connectivity index (χ1) is 9.65. The van der Waals surface area contributed by atoms with Crippen LogP contribution in [0, 0.1) is 0 Å². The average molecular weight is 284 g/mol. The second kappa shape index (κ2) is 4.94. The maximum Gasteiger partial charge on any atom is 0.258 e. The SMILES string of the molecule is O=C1NC(=O)c2ccccc2C1=Cc1ccc(Cl)cc1. The summed E-state index contributed by atoms with van der Waals surface area (Å²) in [5, 5.41) is 2.98. The molecule has 1 heterocycles. The van der Waals surface area contributed by atoms with E-state index in [0.717, 1.165) is 5.56 Å². The highest BCUT2D eigenvalue weighted by molar-refractivity contribution is 6.34. The first-order valence-electron chi connectivity index (χ1n) is 6.07. The molecule has 0 bridgehead atoms. The van der Waals surface area contributed by atoms with E-state index < -0.39 is 0 Å². The zero-order valence-electron chi connectivity index (χ0n) is 10.4. The van der Waals surface area contributed by atoms with Crippen LogP contribution >= 0.6 is 11.6 Å². The fourth-order valence-electron chi connectivity index (χ4n) is 2.15. The zero-order valence-corrected chi connectivity index (χ0v) is 11.1. The van der Waals surface area contributed by atoms with Gasteiger partial charge in [-0.3, -0.25) is 14.9 Å². The van der Waals surface area contributed by atoms with Crippen LogP contribution in [0.25, 0.3) is 11.6 Å². The van der Waals surface area contributed by atoms with Crippen molar-refractivity contribution in [3.05, 3.63) is 70.2 Å². The molecule has 0 spiro atoms. The van der Waals surface area contributed by atoms with Crippen molar-refractivity contribution in [3.8, 4) is 0 Å². The zero-order chi connectivity index (χ0) is 14.1. The van der Waals surface area contributed by atoms with Crippen LogP contribution in [0.5, 0.6) is 0 Å². The van der Waals surface area contributed by atoms with Crippen LogP contribution in [-0.4, -0.2) is 11.8 Å². The first kappa shape index (κ1) is 12.6. The van der Waals surface area contributed by atoms with E-state index in [1.165, 1.54) is 0 Å². The van der Waals surface area contributed by atoms with E-state index in [1.54, 1.807) is 42.5 Å². The number of hydrogen-bond acceptors (Lipinski definition) is 2. The van der Waals surface area contributed by atoms with Crippen LogP contribution in [-0.2, 0) is 4.79 Å². The van der Waals surface area contributed by atoms with E-state index in [0.29, 0.717) is 21.7 Å². The highest BCUT2D eigenvalue weighted by atomic mass is 35.5. The summed E-state index contributed by atoms with van der Waals surface area (Å²) in [5.74, 6) is -0.748. The Hall–Kier alpha value is -2.39. The molecule has 0 unspecified atom stereocenters. The molecular formula is C16H10ClNO2. The van der Waals surface area contributed by atoms with Gasteiger partial charge in [0.1, 0.15) is 0 Å². The molecule has 98 valence electrons. The third-order valence-corrected chi connectivity index (χ3v) is 3.37. The molecule has 1 N–H and O–H groups in total. The summed E-state index contributed by atoms with van der Waals surface area (Å²) < 4.78 is 0. The number of rotatable bonds is 1. The van der Waals surface area contributed by atoms with Gasteiger partial charge in [-0.25, -0.2) is 0 Å². The first-order valence-corrected chi connectivity index (χ1v) is 6.45. The molecule has 2 amide bonds. The van der Waals surface area contributed by atoms with Gasteiger partial charge in [-0.05, 0) is 35.4 Å². The highest BCUT2D eigenvalue weighted by Crippen LogP contribution is 2.26. The van der Waals surface area contributed by atoms with Crippen molar-refractivity contribution in [2.24, 2.45) is 0 Å². The summed E-state index contributed by atoms with van der Waals surface area (Å²) >= 11 is 5.84. The summed E-state index contributed by atoms with van der Waals surface area (Å²) in [6.45, 7) is 0. The number of carbonyl (C=O) groups is 2. The van der Waals surface area contributed by atoms with Crippen LogP contribution < -0.4 is 5.32 Å². The molecular weight excluding hydrogens is 274 g/mol. The molecule has 0 saturated heterocycles. The van der Waals surface area contributed by atoms with Crippen LogP contribution in [0.3, 0.4) is 0 Å². The monoisotopic (exact) mass is 283 g/mol. The van der Waals surface area contributed by atoms with Gasteiger partial charge < -0.3 is 0 Å². The molecule has 3 nitrogen and oxygen atoms in total. The van der Waals surface area contributed by atoms with Crippen molar-refractivity contribution < 1.29 is 9.59 Å². The van der Waals surface area contributed by atoms with Crippen molar-refractivity contribution in [2.45, 2.75) is 0 Å². The Kier molecular flexibility index (Phi) is 3.12. The maximum atomic E-state index is 12.0. The minimum atomic E-state index is -0.386. The third kappa shape index (κ3) is 2.24. The Balaban J connectivity index is 2.13. The van der Waals surface area contributed by atoms with E-state index in [2.05, 4.69) is 5.32 Å². The Bertz CT molecular complexity index is 732. The fraction of sp³-hybridized carbons (Fsp3) is 0. The molecule has 3 rings (SSSR count). The molecule has 4 heteroatoms. The van der Waals surface area contributed by atoms with Crippen LogP contribution in [0.1, 0.15) is 21.5 Å². The molecule has 0 fully saturated rings. The van der Waals surface area contributed by atoms with E-state index in [-0.39, 0.29) is 11.8 Å². The quantitative estimate of drug-likeness (QED) is 0.645. The Morgan fingerprint density at radius 1 is 0.850 bits per heavy atom. The van der Waals surface area contributed by atoms with E-state index in [9.17, 15) is 9.59 Å². The Labute approximate surface area is 120 Å². The molecule has 0 saturated carbocycles. The van der Waals surface area contributed by atoms with Gasteiger partial charge in [0.05, 0.1) is 0 Å². The summed E-state index contributed by atoms with van der Waals surface area (Å²) in [7, 11) is 0. The largest absolute Gasteiger partial charge is 0.288 e. The third-order valence-electron chi connectivity index (χ3n) is 3.11. The predicted molar refractivity (Wildman–Crippen MR) is 78.2 cm³/mol. The topological polar surface area (TPSA) is 46.2 Å². The van der Waals surface area contributed by atoms with E-state index >= 15 is 0 Å². The normalized spacial score (nSPS) is 15.9. The minimum absolute atomic E-state index is 0.362. The molecule has 1 aliphatic heterocycles. The Morgan fingerprint density at radius 3 is 2.20 bits per heavy atom. The second-order valence-corrected chi connectivity index (χ2v) is 4.87. The molecule has 0 atom stereocenters. The number of carbonyl (C=O) groups excluding carboxylic acids is 2. The number of fused-ring (bicyclic) bond motifs is 1. The second-order valence-electron chi connectivity index (χ2n) is 4.44. The lowest BCUT2D eigenvalue weighted by atomic mass is 9.93. The van der Waals surface area contributed by atoms with Gasteiger partial charge in [-0.15, -0.1) is 0 Å². The van der Waals surface area contributed by atoms with Crippen molar-refractivity contribution in [2.75, 3.05) is 0 Å². The van der Waals surface area contributed by atoms with E-state index in [1.807, 2.05) is 12.1 Å². The summed E-state index contributed by atoms with van der Waals surface area (Å²) in [5.41, 5.74) is 2.48. The van der Waals surface area contributed by atoms with Crippen molar-refractivity contribution in [1.29, 1.82) is 0 Å². The Morgan fingerprint density at radius 2 is 1.50 bits per heavy atom. The lowest BCUT2D eigenvalue weighted by Gasteiger charge is -2.17. The number of benzene rings is 2. The van der Waals surface area contributed by atoms with Gasteiger partial charge in [-0.1, -0.05) is 41.9 Å². The molecule has 20 heavy (non-hydrogen) atoms. The van der Waals surface area contributed by atoms with Gasteiger partial charge in [-0.2, -0.15) is 0 Å². The summed E-state index contributed by atoms with van der Waals surface area (Å²) in [6, 6.07) is 14.2. The van der Waals surface area contributed by atoms with Gasteiger partial charge >= 0.3 is 0 Å². The number of hydrogen-bond donors (Lipinski definition) is 1. The smallest absolute Gasteiger partial charge is 0.258 e. The van der Waals surface area contributed by atoms with Gasteiger partial charge in [0, 0.05) is 16.2 Å². The van der Waals surface area contributed by atoms with Gasteiger partial charge in [0.2, 0.25) is 0 Å². The highest BCUT2D eigenvalue weighted by Gasteiger charge is 2.26. The molecule has 0 aliphatic carbocycles. The molecule has 0 aromatic heterocycles. The molecule has 2 aromatic rings. The van der Waals surface area contributed by atoms with Crippen molar-refractivity contribution >= 4 is 35.1 Å².